The van der Waals surface area contributed by atoms with Gasteiger partial charge in [-0.3, -0.25) is 4.79 Å². The fourth-order valence-corrected chi connectivity index (χ4v) is 2.05. The topological polar surface area (TPSA) is 41.1 Å². The Labute approximate surface area is 132 Å². The average Bonchev–Trinajstić information content (AvgIpc) is 2.58. The van der Waals surface area contributed by atoms with E-state index in [-0.39, 0.29) is 5.91 Å². The largest absolute Gasteiger partial charge is 0.353 e. The molecule has 0 saturated heterocycles. The zero-order valence-corrected chi connectivity index (χ0v) is 12.7. The van der Waals surface area contributed by atoms with Crippen LogP contribution >= 0.6 is 0 Å². The maximum absolute atomic E-state index is 11.7. The van der Waals surface area contributed by atoms with Gasteiger partial charge in [-0.15, -0.1) is 0 Å². The summed E-state index contributed by atoms with van der Waals surface area (Å²) >= 11 is 0. The Morgan fingerprint density at radius 1 is 0.909 bits per heavy atom. The molecule has 0 unspecified atom stereocenters. The van der Waals surface area contributed by atoms with Crippen molar-refractivity contribution < 1.29 is 4.79 Å². The number of carbonyl (C=O) groups is 1. The Hall–Kier alpha value is -2.39. The highest BCUT2D eigenvalue weighted by atomic mass is 16.1. The van der Waals surface area contributed by atoms with Crippen LogP contribution in [0.15, 0.2) is 66.7 Å². The lowest BCUT2D eigenvalue weighted by Crippen LogP contribution is -2.25. The maximum atomic E-state index is 11.7. The number of hydrogen-bond donors (Lipinski definition) is 2. The third-order valence-electron chi connectivity index (χ3n) is 3.23. The van der Waals surface area contributed by atoms with Gasteiger partial charge in [0.1, 0.15) is 0 Å². The molecule has 0 heterocycles. The number of benzene rings is 2. The molecule has 0 aromatic heterocycles. The second-order valence-corrected chi connectivity index (χ2v) is 5.05. The molecule has 3 nitrogen and oxygen atoms in total. The highest BCUT2D eigenvalue weighted by Gasteiger charge is 1.95. The molecule has 22 heavy (non-hydrogen) atoms. The quantitative estimate of drug-likeness (QED) is 0.580. The smallest absolute Gasteiger partial charge is 0.243 e. The first-order chi connectivity index (χ1) is 10.8. The number of nitrogens with one attached hydrogen (secondary N) is 2. The lowest BCUT2D eigenvalue weighted by atomic mass is 10.2. The fourth-order valence-electron chi connectivity index (χ4n) is 2.05. The third kappa shape index (κ3) is 6.37. The van der Waals surface area contributed by atoms with E-state index < -0.39 is 0 Å². The van der Waals surface area contributed by atoms with Gasteiger partial charge in [0, 0.05) is 19.2 Å². The van der Waals surface area contributed by atoms with Crippen molar-refractivity contribution in [3.63, 3.8) is 0 Å². The molecule has 2 rings (SSSR count). The highest BCUT2D eigenvalue weighted by Crippen LogP contribution is 2.00. The van der Waals surface area contributed by atoms with E-state index in [1.807, 2.05) is 54.6 Å². The lowest BCUT2D eigenvalue weighted by Gasteiger charge is -2.05. The van der Waals surface area contributed by atoms with Gasteiger partial charge in [-0.1, -0.05) is 60.7 Å². The van der Waals surface area contributed by atoms with Gasteiger partial charge < -0.3 is 10.6 Å². The van der Waals surface area contributed by atoms with E-state index in [9.17, 15) is 4.79 Å². The number of amides is 1. The van der Waals surface area contributed by atoms with Crippen LogP contribution in [-0.2, 0) is 11.3 Å². The van der Waals surface area contributed by atoms with Crippen molar-refractivity contribution in [3.8, 4) is 0 Å². The lowest BCUT2D eigenvalue weighted by molar-refractivity contribution is -0.116. The van der Waals surface area contributed by atoms with E-state index in [2.05, 4.69) is 22.8 Å². The van der Waals surface area contributed by atoms with Crippen molar-refractivity contribution in [2.24, 2.45) is 0 Å². The number of carbonyl (C=O) groups excluding carboxylic acids is 1. The molecular weight excluding hydrogens is 272 g/mol. The predicted molar refractivity (Wildman–Crippen MR) is 91.3 cm³/mol. The van der Waals surface area contributed by atoms with Crippen molar-refractivity contribution in [1.82, 2.24) is 10.6 Å². The summed E-state index contributed by atoms with van der Waals surface area (Å²) < 4.78 is 0. The summed E-state index contributed by atoms with van der Waals surface area (Å²) in [6, 6.07) is 20.1. The average molecular weight is 294 g/mol. The van der Waals surface area contributed by atoms with Crippen LogP contribution in [0.2, 0.25) is 0 Å². The molecule has 0 aliphatic carbocycles. The summed E-state index contributed by atoms with van der Waals surface area (Å²) in [4.78, 5) is 11.7. The molecule has 114 valence electrons. The Bertz CT molecular complexity index is 579. The molecule has 0 aliphatic rings. The van der Waals surface area contributed by atoms with Gasteiger partial charge >= 0.3 is 0 Å². The third-order valence-corrected chi connectivity index (χ3v) is 3.23. The van der Waals surface area contributed by atoms with E-state index in [0.29, 0.717) is 6.54 Å². The zero-order chi connectivity index (χ0) is 15.5. The standard InChI is InChI=1S/C19H22N2O/c22-19(13-12-17-8-3-1-4-9-17)21-15-7-14-20-16-18-10-5-2-6-11-18/h1-6,8-13,20H,7,14-16H2,(H,21,22). The van der Waals surface area contributed by atoms with Crippen LogP contribution in [0.5, 0.6) is 0 Å². The van der Waals surface area contributed by atoms with Gasteiger partial charge in [0.2, 0.25) is 5.91 Å². The van der Waals surface area contributed by atoms with Crippen LogP contribution in [0, 0.1) is 0 Å². The molecule has 2 N–H and O–H groups in total. The van der Waals surface area contributed by atoms with E-state index in [1.54, 1.807) is 6.08 Å². The van der Waals surface area contributed by atoms with Gasteiger partial charge in [-0.25, -0.2) is 0 Å². The SMILES string of the molecule is O=C(C=Cc1ccccc1)NCCCNCc1ccccc1. The van der Waals surface area contributed by atoms with Crippen molar-refractivity contribution in [2.45, 2.75) is 13.0 Å². The normalized spacial score (nSPS) is 10.7. The minimum atomic E-state index is -0.0492. The molecule has 3 heteroatoms. The Morgan fingerprint density at radius 3 is 2.32 bits per heavy atom. The van der Waals surface area contributed by atoms with Crippen LogP contribution in [0.1, 0.15) is 17.5 Å². The van der Waals surface area contributed by atoms with Crippen LogP contribution in [0.4, 0.5) is 0 Å². The van der Waals surface area contributed by atoms with E-state index >= 15 is 0 Å². The van der Waals surface area contributed by atoms with Crippen molar-refractivity contribution in [1.29, 1.82) is 0 Å². The second-order valence-electron chi connectivity index (χ2n) is 5.05. The number of hydrogen-bond acceptors (Lipinski definition) is 2. The van der Waals surface area contributed by atoms with Crippen LogP contribution in [0.3, 0.4) is 0 Å². The summed E-state index contributed by atoms with van der Waals surface area (Å²) in [5.41, 5.74) is 2.31. The summed E-state index contributed by atoms with van der Waals surface area (Å²) in [6.45, 7) is 2.43. The Kier molecular flexibility index (Phi) is 6.93. The van der Waals surface area contributed by atoms with Gasteiger partial charge in [0.15, 0.2) is 0 Å². The van der Waals surface area contributed by atoms with Crippen molar-refractivity contribution in [2.75, 3.05) is 13.1 Å². The first-order valence-electron chi connectivity index (χ1n) is 7.60. The monoisotopic (exact) mass is 294 g/mol. The van der Waals surface area contributed by atoms with E-state index in [0.717, 1.165) is 25.1 Å². The maximum Gasteiger partial charge on any atom is 0.243 e. The minimum absolute atomic E-state index is 0.0492. The zero-order valence-electron chi connectivity index (χ0n) is 12.7. The van der Waals surface area contributed by atoms with Crippen molar-refractivity contribution >= 4 is 12.0 Å². The first-order valence-corrected chi connectivity index (χ1v) is 7.60. The van der Waals surface area contributed by atoms with Crippen LogP contribution in [-0.4, -0.2) is 19.0 Å². The van der Waals surface area contributed by atoms with Crippen LogP contribution < -0.4 is 10.6 Å². The molecule has 1 amide bonds. The van der Waals surface area contributed by atoms with E-state index in [4.69, 9.17) is 0 Å². The molecule has 0 fully saturated rings. The molecule has 2 aromatic rings. The molecule has 0 aliphatic heterocycles. The van der Waals surface area contributed by atoms with Gasteiger partial charge in [0.25, 0.3) is 0 Å². The number of rotatable bonds is 8. The second kappa shape index (κ2) is 9.53. The fraction of sp³-hybridized carbons (Fsp3) is 0.211. The Morgan fingerprint density at radius 2 is 1.59 bits per heavy atom. The molecule has 0 spiro atoms. The molecular formula is C19H22N2O. The molecule has 0 bridgehead atoms. The molecule has 0 atom stereocenters. The highest BCUT2D eigenvalue weighted by molar-refractivity contribution is 5.91. The first kappa shape index (κ1) is 16.0. The van der Waals surface area contributed by atoms with Gasteiger partial charge in [-0.05, 0) is 30.2 Å². The Balaban J connectivity index is 1.55. The van der Waals surface area contributed by atoms with Gasteiger partial charge in [-0.2, -0.15) is 0 Å². The summed E-state index contributed by atoms with van der Waals surface area (Å²) in [6.07, 6.45) is 4.31. The van der Waals surface area contributed by atoms with Crippen LogP contribution in [0.25, 0.3) is 6.08 Å². The minimum Gasteiger partial charge on any atom is -0.353 e. The van der Waals surface area contributed by atoms with E-state index in [1.165, 1.54) is 5.56 Å². The summed E-state index contributed by atoms with van der Waals surface area (Å²) in [7, 11) is 0. The van der Waals surface area contributed by atoms with Crippen molar-refractivity contribution in [3.05, 3.63) is 77.9 Å². The molecule has 2 aromatic carbocycles. The summed E-state index contributed by atoms with van der Waals surface area (Å²) in [5, 5.41) is 6.25. The van der Waals surface area contributed by atoms with Gasteiger partial charge in [0.05, 0.1) is 0 Å². The summed E-state index contributed by atoms with van der Waals surface area (Å²) in [5.74, 6) is -0.0492. The predicted octanol–water partition coefficient (Wildman–Crippen LogP) is 3.00. The molecule has 0 radical (unpaired) electrons. The molecule has 0 saturated carbocycles.